The molecule has 2 aliphatic rings. The van der Waals surface area contributed by atoms with Gasteiger partial charge in [-0.15, -0.1) is 0 Å². The number of aliphatic hydroxyl groups excluding tert-OH is 1. The third kappa shape index (κ3) is 1.30. The fourth-order valence-electron chi connectivity index (χ4n) is 2.10. The average Bonchev–Trinajstić information content (AvgIpc) is 2.70. The van der Waals surface area contributed by atoms with Crippen LogP contribution in [0.25, 0.3) is 0 Å². The summed E-state index contributed by atoms with van der Waals surface area (Å²) in [6, 6.07) is 0. The van der Waals surface area contributed by atoms with Gasteiger partial charge in [-0.2, -0.15) is 0 Å². The van der Waals surface area contributed by atoms with Crippen molar-refractivity contribution in [1.29, 1.82) is 0 Å². The van der Waals surface area contributed by atoms with Crippen molar-refractivity contribution >= 4 is 0 Å². The lowest BCUT2D eigenvalue weighted by atomic mass is 9.90. The molecule has 64 valence electrons. The standard InChI is InChI=1S/C9H17NO/c1-2-7-3-4-9(5-6-9)10-8(7)11/h7-8,10-11H,2-6H2,1H3. The van der Waals surface area contributed by atoms with Crippen LogP contribution in [0.2, 0.25) is 0 Å². The van der Waals surface area contributed by atoms with Crippen molar-refractivity contribution in [3.8, 4) is 0 Å². The predicted molar refractivity (Wildman–Crippen MR) is 44.1 cm³/mol. The molecule has 2 unspecified atom stereocenters. The van der Waals surface area contributed by atoms with Crippen molar-refractivity contribution in [3.63, 3.8) is 0 Å². The summed E-state index contributed by atoms with van der Waals surface area (Å²) in [5.74, 6) is 0.501. The first-order chi connectivity index (χ1) is 5.26. The molecule has 1 aliphatic carbocycles. The zero-order valence-electron chi connectivity index (χ0n) is 7.14. The van der Waals surface area contributed by atoms with Gasteiger partial charge in [0.1, 0.15) is 6.23 Å². The first-order valence-corrected chi connectivity index (χ1v) is 4.71. The van der Waals surface area contributed by atoms with E-state index in [9.17, 15) is 5.11 Å². The summed E-state index contributed by atoms with van der Waals surface area (Å²) >= 11 is 0. The van der Waals surface area contributed by atoms with E-state index in [1.807, 2.05) is 0 Å². The molecule has 2 fully saturated rings. The molecule has 1 spiro atoms. The lowest BCUT2D eigenvalue weighted by Gasteiger charge is -2.34. The molecule has 0 aromatic carbocycles. The minimum atomic E-state index is -0.226. The zero-order valence-corrected chi connectivity index (χ0v) is 7.14. The normalized spacial score (nSPS) is 40.9. The quantitative estimate of drug-likeness (QED) is 0.597. The minimum Gasteiger partial charge on any atom is -0.378 e. The molecule has 11 heavy (non-hydrogen) atoms. The van der Waals surface area contributed by atoms with Crippen LogP contribution in [0, 0.1) is 5.92 Å². The molecule has 2 rings (SSSR count). The minimum absolute atomic E-state index is 0.226. The van der Waals surface area contributed by atoms with E-state index in [0.29, 0.717) is 11.5 Å². The van der Waals surface area contributed by atoms with E-state index in [1.54, 1.807) is 0 Å². The molecule has 1 saturated carbocycles. The van der Waals surface area contributed by atoms with Gasteiger partial charge >= 0.3 is 0 Å². The number of aliphatic hydroxyl groups is 1. The molecule has 2 N–H and O–H groups in total. The molecule has 0 amide bonds. The molecule has 2 atom stereocenters. The summed E-state index contributed by atoms with van der Waals surface area (Å²) in [5, 5.41) is 13.0. The van der Waals surface area contributed by atoms with Crippen LogP contribution in [0.3, 0.4) is 0 Å². The lowest BCUT2D eigenvalue weighted by Crippen LogP contribution is -2.48. The van der Waals surface area contributed by atoms with Crippen LogP contribution in [-0.2, 0) is 0 Å². The van der Waals surface area contributed by atoms with Gasteiger partial charge in [0.15, 0.2) is 0 Å². The molecular weight excluding hydrogens is 138 g/mol. The Hall–Kier alpha value is -0.0800. The summed E-state index contributed by atoms with van der Waals surface area (Å²) in [4.78, 5) is 0. The van der Waals surface area contributed by atoms with E-state index in [0.717, 1.165) is 6.42 Å². The van der Waals surface area contributed by atoms with E-state index < -0.39 is 0 Å². The van der Waals surface area contributed by atoms with Crippen molar-refractivity contribution in [2.24, 2.45) is 5.92 Å². The van der Waals surface area contributed by atoms with Crippen LogP contribution in [-0.4, -0.2) is 16.9 Å². The highest BCUT2D eigenvalue weighted by Crippen LogP contribution is 2.44. The van der Waals surface area contributed by atoms with Crippen molar-refractivity contribution < 1.29 is 5.11 Å². The Morgan fingerprint density at radius 1 is 1.45 bits per heavy atom. The van der Waals surface area contributed by atoms with Gasteiger partial charge in [-0.3, -0.25) is 5.32 Å². The maximum atomic E-state index is 9.63. The molecule has 2 heteroatoms. The molecule has 1 saturated heterocycles. The van der Waals surface area contributed by atoms with Crippen molar-refractivity contribution in [1.82, 2.24) is 5.32 Å². The number of hydrogen-bond acceptors (Lipinski definition) is 2. The fourth-order valence-corrected chi connectivity index (χ4v) is 2.10. The van der Waals surface area contributed by atoms with E-state index in [4.69, 9.17) is 0 Å². The third-order valence-electron chi connectivity index (χ3n) is 3.27. The Balaban J connectivity index is 1.94. The van der Waals surface area contributed by atoms with Crippen LogP contribution in [0.1, 0.15) is 39.0 Å². The van der Waals surface area contributed by atoms with Gasteiger partial charge in [-0.05, 0) is 38.0 Å². The van der Waals surface area contributed by atoms with Crippen LogP contribution in [0.5, 0.6) is 0 Å². The fraction of sp³-hybridized carbons (Fsp3) is 1.00. The van der Waals surface area contributed by atoms with E-state index in [-0.39, 0.29) is 6.23 Å². The summed E-state index contributed by atoms with van der Waals surface area (Å²) in [6.07, 6.45) is 5.93. The smallest absolute Gasteiger partial charge is 0.108 e. The van der Waals surface area contributed by atoms with Crippen LogP contribution in [0.4, 0.5) is 0 Å². The number of rotatable bonds is 1. The first kappa shape index (κ1) is 7.56. The molecule has 1 heterocycles. The maximum Gasteiger partial charge on any atom is 0.108 e. The first-order valence-electron chi connectivity index (χ1n) is 4.71. The number of nitrogens with one attached hydrogen (secondary N) is 1. The maximum absolute atomic E-state index is 9.63. The second kappa shape index (κ2) is 2.46. The molecule has 0 aromatic heterocycles. The predicted octanol–water partition coefficient (Wildman–Crippen LogP) is 1.25. The summed E-state index contributed by atoms with van der Waals surface area (Å²) in [7, 11) is 0. The Labute approximate surface area is 68.0 Å². The highest BCUT2D eigenvalue weighted by molar-refractivity contribution is 5.05. The van der Waals surface area contributed by atoms with E-state index in [2.05, 4.69) is 12.2 Å². The monoisotopic (exact) mass is 155 g/mol. The van der Waals surface area contributed by atoms with Gasteiger partial charge in [0.2, 0.25) is 0 Å². The lowest BCUT2D eigenvalue weighted by molar-refractivity contribution is 0.0228. The second-order valence-electron chi connectivity index (χ2n) is 4.08. The Morgan fingerprint density at radius 3 is 2.64 bits per heavy atom. The van der Waals surface area contributed by atoms with E-state index in [1.165, 1.54) is 25.7 Å². The molecular formula is C9H17NO. The van der Waals surface area contributed by atoms with Gasteiger partial charge < -0.3 is 5.11 Å². The van der Waals surface area contributed by atoms with Crippen molar-refractivity contribution in [2.45, 2.75) is 50.8 Å². The topological polar surface area (TPSA) is 32.3 Å². The average molecular weight is 155 g/mol. The van der Waals surface area contributed by atoms with Gasteiger partial charge in [-0.1, -0.05) is 6.92 Å². The zero-order chi connectivity index (χ0) is 7.90. The van der Waals surface area contributed by atoms with Gasteiger partial charge in [0.25, 0.3) is 0 Å². The molecule has 2 nitrogen and oxygen atoms in total. The number of hydrogen-bond donors (Lipinski definition) is 2. The Bertz CT molecular complexity index is 154. The van der Waals surface area contributed by atoms with E-state index >= 15 is 0 Å². The Kier molecular flexibility index (Phi) is 1.69. The van der Waals surface area contributed by atoms with Gasteiger partial charge in [0.05, 0.1) is 0 Å². The largest absolute Gasteiger partial charge is 0.378 e. The second-order valence-corrected chi connectivity index (χ2v) is 4.08. The van der Waals surface area contributed by atoms with Gasteiger partial charge in [-0.25, -0.2) is 0 Å². The Morgan fingerprint density at radius 2 is 2.18 bits per heavy atom. The van der Waals surface area contributed by atoms with Crippen LogP contribution < -0.4 is 5.32 Å². The summed E-state index contributed by atoms with van der Waals surface area (Å²) in [6.45, 7) is 2.15. The van der Waals surface area contributed by atoms with Crippen molar-refractivity contribution in [3.05, 3.63) is 0 Å². The SMILES string of the molecule is CCC1CCC2(CC2)NC1O. The number of piperidine rings is 1. The highest BCUT2D eigenvalue weighted by atomic mass is 16.3. The molecule has 1 aliphatic heterocycles. The molecule has 0 radical (unpaired) electrons. The van der Waals surface area contributed by atoms with Crippen molar-refractivity contribution in [2.75, 3.05) is 0 Å². The highest BCUT2D eigenvalue weighted by Gasteiger charge is 2.47. The molecule has 0 aromatic rings. The third-order valence-corrected chi connectivity index (χ3v) is 3.27. The summed E-state index contributed by atoms with van der Waals surface area (Å²) < 4.78 is 0. The van der Waals surface area contributed by atoms with Gasteiger partial charge in [0, 0.05) is 5.54 Å². The van der Waals surface area contributed by atoms with Crippen LogP contribution >= 0.6 is 0 Å². The van der Waals surface area contributed by atoms with Crippen LogP contribution in [0.15, 0.2) is 0 Å². The summed E-state index contributed by atoms with van der Waals surface area (Å²) in [5.41, 5.74) is 0.380. The molecule has 0 bridgehead atoms.